The fourth-order valence-corrected chi connectivity index (χ4v) is 2.36. The Kier molecular flexibility index (Phi) is 7.26. The minimum absolute atomic E-state index is 0.221. The average Bonchev–Trinajstić information content (AvgIpc) is 2.77. The highest BCUT2D eigenvalue weighted by molar-refractivity contribution is 7.92. The maximum atomic E-state index is 11.8. The minimum Gasteiger partial charge on any atom is -0.357 e. The molecular formula is C16H31N5O2S. The number of aromatic nitrogens is 2. The van der Waals surface area contributed by atoms with Gasteiger partial charge in [0.25, 0.3) is 0 Å². The van der Waals surface area contributed by atoms with Gasteiger partial charge < -0.3 is 10.6 Å². The van der Waals surface area contributed by atoms with Gasteiger partial charge in [-0.3, -0.25) is 9.67 Å². The molecule has 0 radical (unpaired) electrons. The van der Waals surface area contributed by atoms with Crippen LogP contribution in [0.2, 0.25) is 0 Å². The molecule has 24 heavy (non-hydrogen) atoms. The topological polar surface area (TPSA) is 88.4 Å². The van der Waals surface area contributed by atoms with E-state index in [-0.39, 0.29) is 6.54 Å². The van der Waals surface area contributed by atoms with E-state index in [9.17, 15) is 8.42 Å². The number of nitrogens with one attached hydrogen (secondary N) is 2. The van der Waals surface area contributed by atoms with Crippen molar-refractivity contribution in [3.8, 4) is 0 Å². The Morgan fingerprint density at radius 2 is 2.00 bits per heavy atom. The molecule has 0 spiro atoms. The van der Waals surface area contributed by atoms with E-state index in [1.165, 1.54) is 6.26 Å². The van der Waals surface area contributed by atoms with E-state index in [1.807, 2.05) is 25.5 Å². The van der Waals surface area contributed by atoms with E-state index < -0.39 is 14.6 Å². The fraction of sp³-hybridized carbons (Fsp3) is 0.750. The average molecular weight is 358 g/mol. The molecule has 0 amide bonds. The highest BCUT2D eigenvalue weighted by Crippen LogP contribution is 2.15. The van der Waals surface area contributed by atoms with Crippen molar-refractivity contribution in [3.63, 3.8) is 0 Å². The predicted octanol–water partition coefficient (Wildman–Crippen LogP) is 1.27. The molecule has 0 unspecified atom stereocenters. The van der Waals surface area contributed by atoms with Crippen molar-refractivity contribution < 1.29 is 8.42 Å². The molecule has 138 valence electrons. The molecule has 7 nitrogen and oxygen atoms in total. The molecule has 1 rings (SSSR count). The summed E-state index contributed by atoms with van der Waals surface area (Å²) >= 11 is 0. The third-order valence-corrected chi connectivity index (χ3v) is 6.05. The zero-order valence-corrected chi connectivity index (χ0v) is 16.5. The van der Waals surface area contributed by atoms with Gasteiger partial charge in [-0.25, -0.2) is 8.42 Å². The second-order valence-electron chi connectivity index (χ2n) is 6.66. The highest BCUT2D eigenvalue weighted by Gasteiger charge is 2.29. The summed E-state index contributed by atoms with van der Waals surface area (Å²) in [5.41, 5.74) is 2.18. The molecule has 2 N–H and O–H groups in total. The monoisotopic (exact) mass is 357 g/mol. The Labute approximate surface area is 145 Å². The molecule has 0 aliphatic carbocycles. The molecule has 0 saturated carbocycles. The molecule has 0 aromatic carbocycles. The fourth-order valence-electron chi connectivity index (χ4n) is 2.07. The van der Waals surface area contributed by atoms with Crippen LogP contribution in [0.5, 0.6) is 0 Å². The Balaban J connectivity index is 2.54. The number of aryl methyl sites for hydroxylation is 3. The van der Waals surface area contributed by atoms with Crippen LogP contribution in [0, 0.1) is 13.8 Å². The molecule has 0 aliphatic heterocycles. The molecular weight excluding hydrogens is 326 g/mol. The Hall–Kier alpha value is -1.57. The van der Waals surface area contributed by atoms with Gasteiger partial charge in [0, 0.05) is 31.6 Å². The molecule has 0 saturated heterocycles. The van der Waals surface area contributed by atoms with Crippen LogP contribution < -0.4 is 10.6 Å². The summed E-state index contributed by atoms with van der Waals surface area (Å²) < 4.78 is 24.6. The number of hydrogen-bond donors (Lipinski definition) is 2. The molecule has 0 aliphatic rings. The zero-order chi connectivity index (χ0) is 18.4. The first kappa shape index (κ1) is 20.5. The van der Waals surface area contributed by atoms with Gasteiger partial charge >= 0.3 is 0 Å². The molecule has 1 aromatic heterocycles. The Morgan fingerprint density at radius 3 is 2.50 bits per heavy atom. The van der Waals surface area contributed by atoms with Gasteiger partial charge in [0.2, 0.25) is 0 Å². The summed E-state index contributed by atoms with van der Waals surface area (Å²) in [6.45, 7) is 11.9. The van der Waals surface area contributed by atoms with Gasteiger partial charge in [0.15, 0.2) is 15.8 Å². The number of guanidine groups is 1. The number of nitrogens with zero attached hydrogens (tertiary/aromatic N) is 3. The molecule has 0 bridgehead atoms. The summed E-state index contributed by atoms with van der Waals surface area (Å²) in [5, 5.41) is 10.8. The molecule has 1 heterocycles. The van der Waals surface area contributed by atoms with Crippen LogP contribution in [0.25, 0.3) is 0 Å². The summed E-state index contributed by atoms with van der Waals surface area (Å²) in [6.07, 6.45) is 2.15. The lowest BCUT2D eigenvalue weighted by Gasteiger charge is -2.21. The number of rotatable bonds is 8. The van der Waals surface area contributed by atoms with Gasteiger partial charge in [0.1, 0.15) is 0 Å². The van der Waals surface area contributed by atoms with Crippen LogP contribution in [0.1, 0.15) is 38.6 Å². The summed E-state index contributed by atoms with van der Waals surface area (Å²) in [6, 6.07) is 2.06. The first-order chi connectivity index (χ1) is 11.1. The standard InChI is InChI=1S/C16H31N5O2S/c1-7-17-15(19-12-16(4,5)24(6,22)23)18-9-8-10-21-14(3)11-13(2)20-21/h11H,7-10,12H2,1-6H3,(H2,17,18,19). The lowest BCUT2D eigenvalue weighted by molar-refractivity contribution is 0.549. The van der Waals surface area contributed by atoms with E-state index in [0.717, 1.165) is 37.4 Å². The van der Waals surface area contributed by atoms with Crippen molar-refractivity contribution in [1.82, 2.24) is 20.4 Å². The normalized spacial score (nSPS) is 13.2. The third-order valence-electron chi connectivity index (χ3n) is 3.91. The van der Waals surface area contributed by atoms with Crippen LogP contribution in [-0.4, -0.2) is 54.8 Å². The number of aliphatic imine (C=N–C) groups is 1. The summed E-state index contributed by atoms with van der Waals surface area (Å²) in [5.74, 6) is 0.641. The van der Waals surface area contributed by atoms with Gasteiger partial charge in [-0.2, -0.15) is 5.10 Å². The van der Waals surface area contributed by atoms with Crippen molar-refractivity contribution in [2.75, 3.05) is 25.9 Å². The largest absolute Gasteiger partial charge is 0.357 e. The van der Waals surface area contributed by atoms with Crippen molar-refractivity contribution in [2.24, 2.45) is 4.99 Å². The van der Waals surface area contributed by atoms with Crippen molar-refractivity contribution >= 4 is 15.8 Å². The van der Waals surface area contributed by atoms with Gasteiger partial charge in [-0.15, -0.1) is 0 Å². The van der Waals surface area contributed by atoms with Crippen molar-refractivity contribution in [2.45, 2.75) is 52.3 Å². The lowest BCUT2D eigenvalue weighted by Crippen LogP contribution is -2.41. The quantitative estimate of drug-likeness (QED) is 0.415. The van der Waals surface area contributed by atoms with Crippen LogP contribution in [-0.2, 0) is 16.4 Å². The van der Waals surface area contributed by atoms with Gasteiger partial charge in [-0.05, 0) is 47.1 Å². The molecule has 8 heteroatoms. The van der Waals surface area contributed by atoms with E-state index in [0.29, 0.717) is 5.96 Å². The highest BCUT2D eigenvalue weighted by atomic mass is 32.2. The van der Waals surface area contributed by atoms with Gasteiger partial charge in [-0.1, -0.05) is 0 Å². The van der Waals surface area contributed by atoms with E-state index in [2.05, 4.69) is 26.8 Å². The number of sulfone groups is 1. The van der Waals surface area contributed by atoms with E-state index in [4.69, 9.17) is 0 Å². The lowest BCUT2D eigenvalue weighted by atomic mass is 10.2. The van der Waals surface area contributed by atoms with Crippen molar-refractivity contribution in [3.05, 3.63) is 17.5 Å². The zero-order valence-electron chi connectivity index (χ0n) is 15.7. The predicted molar refractivity (Wildman–Crippen MR) is 99.2 cm³/mol. The minimum atomic E-state index is -3.15. The van der Waals surface area contributed by atoms with Crippen molar-refractivity contribution in [1.29, 1.82) is 0 Å². The first-order valence-corrected chi connectivity index (χ1v) is 10.2. The van der Waals surface area contributed by atoms with Crippen LogP contribution >= 0.6 is 0 Å². The van der Waals surface area contributed by atoms with Crippen LogP contribution in [0.3, 0.4) is 0 Å². The molecule has 1 aromatic rings. The summed E-state index contributed by atoms with van der Waals surface area (Å²) in [4.78, 5) is 4.41. The second-order valence-corrected chi connectivity index (χ2v) is 9.31. The SMILES string of the molecule is CCNC(=NCC(C)(C)S(C)(=O)=O)NCCCn1nc(C)cc1C. The third kappa shape index (κ3) is 6.14. The molecule has 0 fully saturated rings. The second kappa shape index (κ2) is 8.50. The smallest absolute Gasteiger partial charge is 0.191 e. The first-order valence-electron chi connectivity index (χ1n) is 8.29. The maximum Gasteiger partial charge on any atom is 0.191 e. The number of hydrogen-bond acceptors (Lipinski definition) is 4. The Bertz CT molecular complexity index is 662. The Morgan fingerprint density at radius 1 is 1.33 bits per heavy atom. The van der Waals surface area contributed by atoms with Crippen LogP contribution in [0.15, 0.2) is 11.1 Å². The molecule has 0 atom stereocenters. The van der Waals surface area contributed by atoms with E-state index >= 15 is 0 Å². The van der Waals surface area contributed by atoms with Crippen LogP contribution in [0.4, 0.5) is 0 Å². The maximum absolute atomic E-state index is 11.8. The van der Waals surface area contributed by atoms with Gasteiger partial charge in [0.05, 0.1) is 17.0 Å². The van der Waals surface area contributed by atoms with E-state index in [1.54, 1.807) is 13.8 Å². The summed E-state index contributed by atoms with van der Waals surface area (Å²) in [7, 11) is -3.15.